The van der Waals surface area contributed by atoms with Crippen LogP contribution in [0.15, 0.2) is 47.4 Å². The summed E-state index contributed by atoms with van der Waals surface area (Å²) in [6.45, 7) is 1.36. The van der Waals surface area contributed by atoms with E-state index in [0.29, 0.717) is 23.3 Å². The van der Waals surface area contributed by atoms with E-state index in [1.807, 2.05) is 12.1 Å². The monoisotopic (exact) mass is 449 g/mol. The Hall–Kier alpha value is -2.82. The van der Waals surface area contributed by atoms with E-state index in [1.165, 1.54) is 25.1 Å². The summed E-state index contributed by atoms with van der Waals surface area (Å²) < 4.78 is 63.8. The lowest BCUT2D eigenvalue weighted by atomic mass is 9.93. The van der Waals surface area contributed by atoms with Gasteiger partial charge in [0.25, 0.3) is 5.91 Å². The minimum absolute atomic E-state index is 0.0661. The highest BCUT2D eigenvalue weighted by Gasteiger charge is 2.65. The summed E-state index contributed by atoms with van der Waals surface area (Å²) in [5.74, 6) is -0.924. The largest absolute Gasteiger partial charge is 0.334 e. The van der Waals surface area contributed by atoms with Crippen molar-refractivity contribution in [3.8, 4) is 12.1 Å². The van der Waals surface area contributed by atoms with Crippen molar-refractivity contribution in [1.29, 1.82) is 10.5 Å². The number of nitriles is 2. The lowest BCUT2D eigenvalue weighted by molar-refractivity contribution is 0.0924. The van der Waals surface area contributed by atoms with Crippen LogP contribution in [-0.4, -0.2) is 11.4 Å². The van der Waals surface area contributed by atoms with E-state index in [2.05, 4.69) is 5.32 Å². The standard InChI is InChI=1S/C18H13ClF5N3OS/c1-18(11-26,9-14-3-2-12(10-25)8-16(14)19)27-17(28)13-4-6-15(7-5-13)29(20,21,22,23)24/h2-8H,9H2,1H3,(H,27,28). The topological polar surface area (TPSA) is 76.7 Å². The second kappa shape index (κ2) is 6.61. The summed E-state index contributed by atoms with van der Waals surface area (Å²) in [6, 6.07) is 9.60. The summed E-state index contributed by atoms with van der Waals surface area (Å²) in [7, 11) is -9.84. The van der Waals surface area contributed by atoms with Crippen molar-refractivity contribution in [3.63, 3.8) is 0 Å². The number of amides is 1. The third kappa shape index (κ3) is 5.59. The molecule has 0 aliphatic carbocycles. The van der Waals surface area contributed by atoms with Crippen LogP contribution < -0.4 is 5.32 Å². The molecule has 1 N–H and O–H groups in total. The Morgan fingerprint density at radius 1 is 1.10 bits per heavy atom. The molecule has 1 unspecified atom stereocenters. The molecule has 0 aromatic heterocycles. The Morgan fingerprint density at radius 2 is 1.69 bits per heavy atom. The second-order valence-electron chi connectivity index (χ2n) is 6.49. The number of carbonyl (C=O) groups excluding carboxylic acids is 1. The van der Waals surface area contributed by atoms with Crippen LogP contribution in [0.1, 0.15) is 28.4 Å². The molecule has 0 saturated carbocycles. The van der Waals surface area contributed by atoms with Crippen LogP contribution in [0.25, 0.3) is 0 Å². The number of nitrogens with zero attached hydrogens (tertiary/aromatic N) is 2. The maximum Gasteiger partial charge on any atom is 0.310 e. The fraction of sp³-hybridized carbons (Fsp3) is 0.167. The molecule has 0 heterocycles. The maximum atomic E-state index is 12.8. The summed E-state index contributed by atoms with van der Waals surface area (Å²) in [4.78, 5) is 10.2. The van der Waals surface area contributed by atoms with Crippen LogP contribution in [0.5, 0.6) is 0 Å². The van der Waals surface area contributed by atoms with E-state index in [-0.39, 0.29) is 29.1 Å². The molecule has 0 radical (unpaired) electrons. The smallest absolute Gasteiger partial charge is 0.310 e. The van der Waals surface area contributed by atoms with Gasteiger partial charge in [-0.05, 0) is 48.9 Å². The van der Waals surface area contributed by atoms with Crippen molar-refractivity contribution in [3.05, 3.63) is 64.2 Å². The van der Waals surface area contributed by atoms with Gasteiger partial charge in [0.2, 0.25) is 0 Å². The van der Waals surface area contributed by atoms with Gasteiger partial charge < -0.3 is 5.32 Å². The van der Waals surface area contributed by atoms with E-state index in [1.54, 1.807) is 0 Å². The first-order valence-corrected chi connectivity index (χ1v) is 10.2. The molecule has 154 valence electrons. The Kier molecular flexibility index (Phi) is 5.12. The van der Waals surface area contributed by atoms with Gasteiger partial charge in [-0.1, -0.05) is 37.1 Å². The zero-order chi connectivity index (χ0) is 22.2. The zero-order valence-electron chi connectivity index (χ0n) is 14.7. The fourth-order valence-electron chi connectivity index (χ4n) is 2.44. The summed E-state index contributed by atoms with van der Waals surface area (Å²) >= 11 is 6.06. The highest BCUT2D eigenvalue weighted by molar-refractivity contribution is 8.45. The Bertz CT molecular complexity index is 1060. The molecule has 0 bridgehead atoms. The molecule has 1 atom stereocenters. The van der Waals surface area contributed by atoms with Crippen LogP contribution in [0, 0.1) is 22.7 Å². The van der Waals surface area contributed by atoms with E-state index in [4.69, 9.17) is 16.9 Å². The Labute approximate surface area is 168 Å². The van der Waals surface area contributed by atoms with Gasteiger partial charge in [-0.15, -0.1) is 0 Å². The Balaban J connectivity index is 2.24. The van der Waals surface area contributed by atoms with Gasteiger partial charge in [0, 0.05) is 17.0 Å². The highest BCUT2D eigenvalue weighted by atomic mass is 35.5. The molecule has 4 nitrogen and oxygen atoms in total. The van der Waals surface area contributed by atoms with Crippen LogP contribution in [-0.2, 0) is 6.42 Å². The molecule has 1 amide bonds. The van der Waals surface area contributed by atoms with Crippen molar-refractivity contribution < 1.29 is 24.2 Å². The molecule has 0 spiro atoms. The maximum absolute atomic E-state index is 12.8. The molecule has 2 aromatic rings. The highest BCUT2D eigenvalue weighted by Crippen LogP contribution is 3.02. The SMILES string of the molecule is CC(C#N)(Cc1ccc(C#N)cc1Cl)NC(=O)c1ccc(S(F)(F)(F)(F)F)cc1. The van der Waals surface area contributed by atoms with Crippen molar-refractivity contribution >= 4 is 27.7 Å². The number of rotatable bonds is 5. The average Bonchev–Trinajstić information content (AvgIpc) is 2.61. The van der Waals surface area contributed by atoms with Gasteiger partial charge >= 0.3 is 10.2 Å². The number of benzene rings is 2. The summed E-state index contributed by atoms with van der Waals surface area (Å²) in [5, 5.41) is 20.8. The molecule has 2 aromatic carbocycles. The van der Waals surface area contributed by atoms with Gasteiger partial charge in [-0.25, -0.2) is 0 Å². The van der Waals surface area contributed by atoms with Crippen LogP contribution >= 0.6 is 21.8 Å². The van der Waals surface area contributed by atoms with Crippen molar-refractivity contribution in [2.45, 2.75) is 23.8 Å². The predicted molar refractivity (Wildman–Crippen MR) is 99.2 cm³/mol. The van der Waals surface area contributed by atoms with E-state index in [9.17, 15) is 29.5 Å². The van der Waals surface area contributed by atoms with Crippen LogP contribution in [0.4, 0.5) is 19.4 Å². The molecule has 0 aliphatic rings. The molecule has 0 saturated heterocycles. The third-order valence-corrected chi connectivity index (χ3v) is 5.44. The normalized spacial score (nSPS) is 15.8. The number of hydrogen-bond donors (Lipinski definition) is 1. The summed E-state index contributed by atoms with van der Waals surface area (Å²) in [6.07, 6.45) is -0.0661. The summed E-state index contributed by atoms with van der Waals surface area (Å²) in [5.41, 5.74) is -1.09. The number of halogens is 6. The van der Waals surface area contributed by atoms with Gasteiger partial charge in [0.05, 0.1) is 17.7 Å². The predicted octanol–water partition coefficient (Wildman–Crippen LogP) is 6.12. The van der Waals surface area contributed by atoms with Gasteiger partial charge in [-0.3, -0.25) is 4.79 Å². The molecule has 0 aliphatic heterocycles. The van der Waals surface area contributed by atoms with Crippen molar-refractivity contribution in [1.82, 2.24) is 5.32 Å². The van der Waals surface area contributed by atoms with Gasteiger partial charge in [-0.2, -0.15) is 10.5 Å². The first-order chi connectivity index (χ1) is 13.1. The first kappa shape index (κ1) is 22.5. The Morgan fingerprint density at radius 3 is 2.14 bits per heavy atom. The van der Waals surface area contributed by atoms with Crippen molar-refractivity contribution in [2.75, 3.05) is 0 Å². The second-order valence-corrected chi connectivity index (χ2v) is 9.30. The molecule has 0 fully saturated rings. The van der Waals surface area contributed by atoms with E-state index in [0.717, 1.165) is 0 Å². The minimum atomic E-state index is -9.84. The van der Waals surface area contributed by atoms with E-state index < -0.39 is 26.6 Å². The average molecular weight is 450 g/mol. The third-order valence-electron chi connectivity index (χ3n) is 3.92. The van der Waals surface area contributed by atoms with E-state index >= 15 is 0 Å². The number of carbonyl (C=O) groups is 1. The number of nitrogens with one attached hydrogen (secondary N) is 1. The van der Waals surface area contributed by atoms with Crippen LogP contribution in [0.3, 0.4) is 0 Å². The first-order valence-electron chi connectivity index (χ1n) is 7.83. The number of hydrogen-bond acceptors (Lipinski definition) is 3. The lowest BCUT2D eigenvalue weighted by Crippen LogP contribution is -2.46. The molecule has 2 rings (SSSR count). The molecule has 11 heteroatoms. The zero-order valence-corrected chi connectivity index (χ0v) is 16.3. The minimum Gasteiger partial charge on any atom is -0.334 e. The van der Waals surface area contributed by atoms with Crippen LogP contribution in [0.2, 0.25) is 5.02 Å². The quantitative estimate of drug-likeness (QED) is 0.558. The van der Waals surface area contributed by atoms with Gasteiger partial charge in [0.1, 0.15) is 10.4 Å². The molecular weight excluding hydrogens is 437 g/mol. The molecular formula is C18H13ClF5N3OS. The molecule has 29 heavy (non-hydrogen) atoms. The van der Waals surface area contributed by atoms with Gasteiger partial charge in [0.15, 0.2) is 0 Å². The fourth-order valence-corrected chi connectivity index (χ4v) is 3.34. The van der Waals surface area contributed by atoms with Crippen molar-refractivity contribution in [2.24, 2.45) is 0 Å². The lowest BCUT2D eigenvalue weighted by Gasteiger charge is -2.40.